The molecule has 0 aliphatic heterocycles. The summed E-state index contributed by atoms with van der Waals surface area (Å²) in [6.07, 6.45) is 4.93. The van der Waals surface area contributed by atoms with Gasteiger partial charge in [0, 0.05) is 11.8 Å². The van der Waals surface area contributed by atoms with Gasteiger partial charge in [0.2, 0.25) is 5.95 Å². The number of aromatic nitrogens is 3. The fraction of sp³-hybridized carbons (Fsp3) is 0.367. The first-order chi connectivity index (χ1) is 19.6. The van der Waals surface area contributed by atoms with Gasteiger partial charge in [0.15, 0.2) is 0 Å². The Balaban J connectivity index is 1.58. The Kier molecular flexibility index (Phi) is 9.04. The lowest BCUT2D eigenvalue weighted by Gasteiger charge is -2.21. The van der Waals surface area contributed by atoms with Gasteiger partial charge in [-0.2, -0.15) is 10.4 Å². The number of esters is 1. The van der Waals surface area contributed by atoms with E-state index in [9.17, 15) is 15.2 Å². The molecule has 0 amide bonds. The van der Waals surface area contributed by atoms with Crippen LogP contribution in [0.4, 0.5) is 5.95 Å². The van der Waals surface area contributed by atoms with Crippen LogP contribution in [-0.4, -0.2) is 38.2 Å². The molecule has 1 aliphatic carbocycles. The summed E-state index contributed by atoms with van der Waals surface area (Å²) in [5.74, 6) is -0.335. The van der Waals surface area contributed by atoms with Crippen molar-refractivity contribution in [3.8, 4) is 17.3 Å². The Morgan fingerprint density at radius 2 is 1.93 bits per heavy atom. The van der Waals surface area contributed by atoms with Crippen LogP contribution in [0.2, 0.25) is 0 Å². The first kappa shape index (κ1) is 29.3. The number of ether oxygens (including phenoxy) is 1. The summed E-state index contributed by atoms with van der Waals surface area (Å²) < 4.78 is 5.36. The van der Waals surface area contributed by atoms with Crippen LogP contribution in [0.25, 0.3) is 17.0 Å². The molecule has 0 atom stereocenters. The average Bonchev–Trinajstić information content (AvgIpc) is 3.41. The number of carbonyl (C=O) groups excluding carboxylic acids is 1. The van der Waals surface area contributed by atoms with E-state index in [4.69, 9.17) is 10.3 Å². The van der Waals surface area contributed by atoms with E-state index in [0.29, 0.717) is 47.6 Å². The Hall–Kier alpha value is -4.69. The second kappa shape index (κ2) is 12.7. The van der Waals surface area contributed by atoms with Crippen LogP contribution in [0.1, 0.15) is 69.1 Å². The highest BCUT2D eigenvalue weighted by Gasteiger charge is 2.34. The van der Waals surface area contributed by atoms with Gasteiger partial charge in [0.05, 0.1) is 41.0 Å². The van der Waals surface area contributed by atoms with E-state index in [-0.39, 0.29) is 18.2 Å². The number of pyridine rings is 1. The van der Waals surface area contributed by atoms with Crippen molar-refractivity contribution < 1.29 is 14.6 Å². The van der Waals surface area contributed by atoms with Gasteiger partial charge < -0.3 is 20.5 Å². The highest BCUT2D eigenvalue weighted by molar-refractivity contribution is 5.75. The minimum atomic E-state index is -0.879. The minimum absolute atomic E-state index is 0.138. The van der Waals surface area contributed by atoms with Gasteiger partial charge in [0.25, 0.3) is 0 Å². The molecule has 2 heterocycles. The number of hydrogen-bond acceptors (Lipinski definition) is 11. The van der Waals surface area contributed by atoms with Crippen LogP contribution < -0.4 is 10.6 Å². The largest absolute Gasteiger partial charge is 0.459 e. The Morgan fingerprint density at radius 3 is 2.63 bits per heavy atom. The molecule has 1 aliphatic rings. The van der Waals surface area contributed by atoms with Crippen LogP contribution in [0, 0.1) is 16.9 Å². The molecule has 4 N–H and O–H groups in total. The third kappa shape index (κ3) is 7.93. The molecule has 3 aromatic rings. The molecule has 0 spiro atoms. The first-order valence-corrected chi connectivity index (χ1v) is 13.4. The normalized spacial score (nSPS) is 14.7. The highest BCUT2D eigenvalue weighted by atomic mass is 16.6. The van der Waals surface area contributed by atoms with Gasteiger partial charge >= 0.3 is 5.97 Å². The quantitative estimate of drug-likeness (QED) is 0.198. The fourth-order valence-corrected chi connectivity index (χ4v) is 4.55. The summed E-state index contributed by atoms with van der Waals surface area (Å²) in [4.78, 5) is 25.9. The number of aliphatic hydroxyl groups is 1. The van der Waals surface area contributed by atoms with E-state index in [2.05, 4.69) is 36.8 Å². The van der Waals surface area contributed by atoms with Crippen LogP contribution in [0.5, 0.6) is 0 Å². The summed E-state index contributed by atoms with van der Waals surface area (Å²) in [7, 11) is 0. The predicted octanol–water partition coefficient (Wildman–Crippen LogP) is 5.04. The summed E-state index contributed by atoms with van der Waals surface area (Å²) in [6, 6.07) is 16.3. The molecule has 41 heavy (non-hydrogen) atoms. The molecule has 1 fully saturated rings. The van der Waals surface area contributed by atoms with Gasteiger partial charge in [-0.15, -0.1) is 0 Å². The van der Waals surface area contributed by atoms with Gasteiger partial charge in [-0.3, -0.25) is 9.78 Å². The summed E-state index contributed by atoms with van der Waals surface area (Å²) in [5, 5.41) is 29.9. The van der Waals surface area contributed by atoms with Crippen LogP contribution in [0.3, 0.4) is 0 Å². The topological polar surface area (TPSA) is 169 Å². The lowest BCUT2D eigenvalue weighted by Crippen LogP contribution is -2.28. The zero-order valence-electron chi connectivity index (χ0n) is 23.4. The zero-order valence-corrected chi connectivity index (χ0v) is 23.4. The minimum Gasteiger partial charge on any atom is -0.459 e. The molecule has 1 aromatic carbocycles. The van der Waals surface area contributed by atoms with Crippen molar-refractivity contribution in [3.63, 3.8) is 0 Å². The fourth-order valence-electron chi connectivity index (χ4n) is 4.55. The molecule has 1 saturated carbocycles. The summed E-state index contributed by atoms with van der Waals surface area (Å²) in [6.45, 7) is 5.52. The van der Waals surface area contributed by atoms with E-state index < -0.39 is 17.2 Å². The van der Waals surface area contributed by atoms with Gasteiger partial charge in [-0.1, -0.05) is 31.0 Å². The molecule has 0 radical (unpaired) electrons. The smallest absolute Gasteiger partial charge is 0.325 e. The highest BCUT2D eigenvalue weighted by Crippen LogP contribution is 2.37. The maximum absolute atomic E-state index is 12.3. The number of hydrogen-bond donors (Lipinski definition) is 4. The second-order valence-corrected chi connectivity index (χ2v) is 10.9. The van der Waals surface area contributed by atoms with E-state index in [0.717, 1.165) is 18.5 Å². The van der Waals surface area contributed by atoms with Crippen molar-refractivity contribution in [1.29, 1.82) is 10.8 Å². The van der Waals surface area contributed by atoms with Crippen molar-refractivity contribution in [2.45, 2.75) is 64.2 Å². The average molecular weight is 555 g/mol. The predicted molar refractivity (Wildman–Crippen MR) is 153 cm³/mol. The van der Waals surface area contributed by atoms with Crippen molar-refractivity contribution in [2.75, 3.05) is 11.9 Å². The van der Waals surface area contributed by atoms with E-state index in [1.165, 1.54) is 0 Å². The monoisotopic (exact) mass is 554 g/mol. The zero-order chi connectivity index (χ0) is 29.5. The molecule has 0 unspecified atom stereocenters. The summed E-state index contributed by atoms with van der Waals surface area (Å²) in [5.41, 5.74) is 9.84. The van der Waals surface area contributed by atoms with Crippen LogP contribution in [0.15, 0.2) is 59.8 Å². The maximum atomic E-state index is 12.3. The number of rotatable bonds is 10. The van der Waals surface area contributed by atoms with Crippen LogP contribution >= 0.6 is 0 Å². The van der Waals surface area contributed by atoms with Crippen molar-refractivity contribution in [2.24, 2.45) is 5.11 Å². The number of carbonyl (C=O) groups is 1. The number of benzene rings is 1. The van der Waals surface area contributed by atoms with E-state index >= 15 is 0 Å². The lowest BCUT2D eigenvalue weighted by molar-refractivity contribution is -0.152. The molecule has 0 saturated heterocycles. The Bertz CT molecular complexity index is 1480. The SMILES string of the molecule is CC(C)(C)OC(=O)CNc1nc(/C(=C/NCc2cccc(C3(O)CCCC3)n2)N=N)cc(-c2cccc(C#N)c2)n1. The number of nitriles is 1. The number of anilines is 1. The number of nitrogens with one attached hydrogen (secondary N) is 3. The molecule has 0 bridgehead atoms. The third-order valence-corrected chi connectivity index (χ3v) is 6.44. The van der Waals surface area contributed by atoms with Gasteiger partial charge in [0.1, 0.15) is 23.4 Å². The van der Waals surface area contributed by atoms with Crippen molar-refractivity contribution in [3.05, 3.63) is 77.4 Å². The maximum Gasteiger partial charge on any atom is 0.325 e. The standard InChI is InChI=1S/C30H34N8O3/c1-29(2,3)41-27(39)19-34-28-36-23(21-9-6-8-20(14-21)16-31)15-24(37-28)25(38-32)18-33-17-22-10-7-11-26(35-22)30(40)12-4-5-13-30/h6-11,14-15,18,32-33,40H,4-5,12-13,17,19H2,1-3H3,(H,34,36,37)/b25-18-,38-32?. The van der Waals surface area contributed by atoms with Gasteiger partial charge in [-0.05, 0) is 63.9 Å². The lowest BCUT2D eigenvalue weighted by atomic mass is 9.97. The first-order valence-electron chi connectivity index (χ1n) is 13.4. The number of nitrogens with zero attached hydrogens (tertiary/aromatic N) is 5. The van der Waals surface area contributed by atoms with E-state index in [1.54, 1.807) is 57.3 Å². The second-order valence-electron chi connectivity index (χ2n) is 10.9. The Labute approximate surface area is 239 Å². The molecular weight excluding hydrogens is 520 g/mol. The molecule has 2 aromatic heterocycles. The third-order valence-electron chi connectivity index (χ3n) is 6.44. The van der Waals surface area contributed by atoms with Crippen molar-refractivity contribution in [1.82, 2.24) is 20.3 Å². The van der Waals surface area contributed by atoms with Gasteiger partial charge in [-0.25, -0.2) is 15.5 Å². The molecule has 11 nitrogen and oxygen atoms in total. The summed E-state index contributed by atoms with van der Waals surface area (Å²) >= 11 is 0. The van der Waals surface area contributed by atoms with Crippen molar-refractivity contribution >= 4 is 17.6 Å². The molecule has 11 heteroatoms. The molecule has 4 rings (SSSR count). The molecule has 212 valence electrons. The molecular formula is C30H34N8O3. The van der Waals surface area contributed by atoms with E-state index in [1.807, 2.05) is 18.2 Å². The van der Waals surface area contributed by atoms with Crippen LogP contribution in [-0.2, 0) is 21.7 Å². The Morgan fingerprint density at radius 1 is 1.17 bits per heavy atom.